The molecule has 1 saturated heterocycles. The Hall–Kier alpha value is -1.02. The first kappa shape index (κ1) is 15.4. The van der Waals surface area contributed by atoms with Gasteiger partial charge in [0.05, 0.1) is 13.2 Å². The van der Waals surface area contributed by atoms with Gasteiger partial charge in [0, 0.05) is 39.3 Å². The number of hydrogen-bond acceptors (Lipinski definition) is 7. The van der Waals surface area contributed by atoms with Crippen LogP contribution in [0, 0.1) is 0 Å². The number of hydrogen-bond donors (Lipinski definition) is 1. The Morgan fingerprint density at radius 1 is 1.35 bits per heavy atom. The zero-order chi connectivity index (χ0) is 14.4. The standard InChI is InChI=1S/C13H24N4O3/c1-3-11(9-18)17-6-4-16(5-7-17)8-13-14-12(10-19-2)15-20-13/h11,18H,3-10H2,1-2H3. The summed E-state index contributed by atoms with van der Waals surface area (Å²) >= 11 is 0. The SMILES string of the molecule is CCC(CO)N1CCN(Cc2nc(COC)no2)CC1. The molecule has 1 aliphatic heterocycles. The molecule has 1 aromatic heterocycles. The lowest BCUT2D eigenvalue weighted by atomic mass is 10.1. The van der Waals surface area contributed by atoms with Crippen molar-refractivity contribution in [3.63, 3.8) is 0 Å². The van der Waals surface area contributed by atoms with E-state index in [-0.39, 0.29) is 12.6 Å². The van der Waals surface area contributed by atoms with Crippen molar-refractivity contribution in [3.8, 4) is 0 Å². The van der Waals surface area contributed by atoms with Crippen molar-refractivity contribution < 1.29 is 14.4 Å². The smallest absolute Gasteiger partial charge is 0.240 e. The van der Waals surface area contributed by atoms with Crippen LogP contribution in [-0.2, 0) is 17.9 Å². The minimum Gasteiger partial charge on any atom is -0.395 e. The number of rotatable bonds is 7. The molecule has 0 aliphatic carbocycles. The molecule has 0 bridgehead atoms. The molecule has 2 heterocycles. The van der Waals surface area contributed by atoms with Gasteiger partial charge in [0.25, 0.3) is 0 Å². The molecule has 2 rings (SSSR count). The molecule has 1 aliphatic rings. The third kappa shape index (κ3) is 3.99. The largest absolute Gasteiger partial charge is 0.395 e. The van der Waals surface area contributed by atoms with Crippen LogP contribution < -0.4 is 0 Å². The molecule has 1 atom stereocenters. The second-order valence-corrected chi connectivity index (χ2v) is 5.09. The number of ether oxygens (including phenoxy) is 1. The number of nitrogens with zero attached hydrogens (tertiary/aromatic N) is 4. The highest BCUT2D eigenvalue weighted by Crippen LogP contribution is 2.11. The summed E-state index contributed by atoms with van der Waals surface area (Å²) in [6, 6.07) is 0.286. The Kier molecular flexibility index (Phi) is 5.90. The van der Waals surface area contributed by atoms with E-state index in [4.69, 9.17) is 9.26 Å². The van der Waals surface area contributed by atoms with E-state index in [1.807, 2.05) is 0 Å². The van der Waals surface area contributed by atoms with E-state index in [1.165, 1.54) is 0 Å². The van der Waals surface area contributed by atoms with Crippen molar-refractivity contribution in [2.75, 3.05) is 39.9 Å². The molecule has 1 fully saturated rings. The molecule has 7 heteroatoms. The lowest BCUT2D eigenvalue weighted by molar-refractivity contribution is 0.0568. The molecule has 0 aromatic carbocycles. The molecule has 20 heavy (non-hydrogen) atoms. The van der Waals surface area contributed by atoms with Crippen molar-refractivity contribution in [1.82, 2.24) is 19.9 Å². The molecule has 1 unspecified atom stereocenters. The monoisotopic (exact) mass is 284 g/mol. The Labute approximate surface area is 119 Å². The highest BCUT2D eigenvalue weighted by Gasteiger charge is 2.23. The van der Waals surface area contributed by atoms with E-state index in [9.17, 15) is 5.11 Å². The Morgan fingerprint density at radius 2 is 2.10 bits per heavy atom. The van der Waals surface area contributed by atoms with Gasteiger partial charge in [0.2, 0.25) is 5.89 Å². The lowest BCUT2D eigenvalue weighted by Crippen LogP contribution is -2.50. The molecule has 0 radical (unpaired) electrons. The number of aromatic nitrogens is 2. The van der Waals surface area contributed by atoms with Gasteiger partial charge in [0.15, 0.2) is 5.82 Å². The van der Waals surface area contributed by atoms with Gasteiger partial charge in [-0.25, -0.2) is 0 Å². The third-order valence-electron chi connectivity index (χ3n) is 3.75. The fourth-order valence-electron chi connectivity index (χ4n) is 2.52. The van der Waals surface area contributed by atoms with Crippen LogP contribution in [0.3, 0.4) is 0 Å². The number of aliphatic hydroxyl groups is 1. The minimum atomic E-state index is 0.237. The van der Waals surface area contributed by atoms with E-state index >= 15 is 0 Å². The maximum atomic E-state index is 9.33. The van der Waals surface area contributed by atoms with Gasteiger partial charge >= 0.3 is 0 Å². The maximum absolute atomic E-state index is 9.33. The summed E-state index contributed by atoms with van der Waals surface area (Å²) in [6.07, 6.45) is 0.987. The summed E-state index contributed by atoms with van der Waals surface area (Å²) in [5, 5.41) is 13.2. The van der Waals surface area contributed by atoms with Gasteiger partial charge in [-0.3, -0.25) is 9.80 Å². The average Bonchev–Trinajstić information content (AvgIpc) is 2.90. The molecular formula is C13H24N4O3. The first-order valence-corrected chi connectivity index (χ1v) is 7.14. The number of methoxy groups -OCH3 is 1. The summed E-state index contributed by atoms with van der Waals surface area (Å²) in [4.78, 5) is 8.93. The zero-order valence-corrected chi connectivity index (χ0v) is 12.3. The highest BCUT2D eigenvalue weighted by molar-refractivity contribution is 4.86. The Morgan fingerprint density at radius 3 is 2.70 bits per heavy atom. The molecule has 1 aromatic rings. The van der Waals surface area contributed by atoms with Crippen LogP contribution in [0.4, 0.5) is 0 Å². The van der Waals surface area contributed by atoms with Crippen molar-refractivity contribution in [2.24, 2.45) is 0 Å². The van der Waals surface area contributed by atoms with Gasteiger partial charge in [-0.05, 0) is 6.42 Å². The van der Waals surface area contributed by atoms with Crippen molar-refractivity contribution >= 4 is 0 Å². The van der Waals surface area contributed by atoms with Gasteiger partial charge in [0.1, 0.15) is 6.61 Å². The predicted octanol–water partition coefficient (Wildman–Crippen LogP) is 0.105. The van der Waals surface area contributed by atoms with Crippen LogP contribution in [0.25, 0.3) is 0 Å². The Balaban J connectivity index is 1.78. The summed E-state index contributed by atoms with van der Waals surface area (Å²) in [5.41, 5.74) is 0. The molecule has 7 nitrogen and oxygen atoms in total. The summed E-state index contributed by atoms with van der Waals surface area (Å²) in [6.45, 7) is 7.27. The van der Waals surface area contributed by atoms with Gasteiger partial charge < -0.3 is 14.4 Å². The van der Waals surface area contributed by atoms with Crippen molar-refractivity contribution in [3.05, 3.63) is 11.7 Å². The zero-order valence-electron chi connectivity index (χ0n) is 12.3. The quantitative estimate of drug-likeness (QED) is 0.761. The number of aliphatic hydroxyl groups excluding tert-OH is 1. The fourth-order valence-corrected chi connectivity index (χ4v) is 2.52. The third-order valence-corrected chi connectivity index (χ3v) is 3.75. The molecule has 1 N–H and O–H groups in total. The lowest BCUT2D eigenvalue weighted by Gasteiger charge is -2.37. The van der Waals surface area contributed by atoms with Crippen LogP contribution in [0.15, 0.2) is 4.52 Å². The van der Waals surface area contributed by atoms with Crippen LogP contribution in [0.2, 0.25) is 0 Å². The molecule has 0 spiro atoms. The molecular weight excluding hydrogens is 260 g/mol. The van der Waals surface area contributed by atoms with Crippen LogP contribution >= 0.6 is 0 Å². The van der Waals surface area contributed by atoms with E-state index in [2.05, 4.69) is 26.9 Å². The minimum absolute atomic E-state index is 0.237. The molecule has 0 amide bonds. The van der Waals surface area contributed by atoms with E-state index in [0.717, 1.165) is 32.6 Å². The normalized spacial score (nSPS) is 19.4. The van der Waals surface area contributed by atoms with Crippen molar-refractivity contribution in [2.45, 2.75) is 32.5 Å². The first-order chi connectivity index (χ1) is 9.76. The summed E-state index contributed by atoms with van der Waals surface area (Å²) in [5.74, 6) is 1.23. The predicted molar refractivity (Wildman–Crippen MR) is 73.0 cm³/mol. The maximum Gasteiger partial charge on any atom is 0.240 e. The molecule has 0 saturated carbocycles. The van der Waals surface area contributed by atoms with Crippen LogP contribution in [0.5, 0.6) is 0 Å². The van der Waals surface area contributed by atoms with Crippen LogP contribution in [0.1, 0.15) is 25.1 Å². The van der Waals surface area contributed by atoms with Gasteiger partial charge in [-0.15, -0.1) is 0 Å². The second kappa shape index (κ2) is 7.68. The molecule has 114 valence electrons. The first-order valence-electron chi connectivity index (χ1n) is 7.14. The van der Waals surface area contributed by atoms with Crippen molar-refractivity contribution in [1.29, 1.82) is 0 Å². The average molecular weight is 284 g/mol. The fraction of sp³-hybridized carbons (Fsp3) is 0.846. The highest BCUT2D eigenvalue weighted by atomic mass is 16.5. The number of piperazine rings is 1. The van der Waals surface area contributed by atoms with E-state index in [1.54, 1.807) is 7.11 Å². The van der Waals surface area contributed by atoms with Gasteiger partial charge in [-0.2, -0.15) is 4.98 Å². The summed E-state index contributed by atoms with van der Waals surface area (Å²) in [7, 11) is 1.61. The second-order valence-electron chi connectivity index (χ2n) is 5.09. The summed E-state index contributed by atoms with van der Waals surface area (Å²) < 4.78 is 10.2. The Bertz CT molecular complexity index is 387. The van der Waals surface area contributed by atoms with Crippen LogP contribution in [-0.4, -0.2) is 71.0 Å². The van der Waals surface area contributed by atoms with E-state index < -0.39 is 0 Å². The topological polar surface area (TPSA) is 74.9 Å². The van der Waals surface area contributed by atoms with Gasteiger partial charge in [-0.1, -0.05) is 12.1 Å². The van der Waals surface area contributed by atoms with E-state index in [0.29, 0.717) is 24.9 Å².